The van der Waals surface area contributed by atoms with E-state index in [1.165, 1.54) is 12.1 Å². The summed E-state index contributed by atoms with van der Waals surface area (Å²) in [5, 5.41) is 0. The van der Waals surface area contributed by atoms with Gasteiger partial charge in [0.1, 0.15) is 19.0 Å². The standard InChI is InChI=1S/C21H22FNO5/c1-2-26-17-9-7-16(8-10-17)23-14-15(13-20(23)24)21(25)28-12-11-27-19-6-4-3-5-18(19)22/h3-10,15H,2,11-14H2,1H3. The van der Waals surface area contributed by atoms with Gasteiger partial charge in [-0.15, -0.1) is 0 Å². The maximum absolute atomic E-state index is 13.5. The summed E-state index contributed by atoms with van der Waals surface area (Å²) in [4.78, 5) is 26.1. The number of halogens is 1. The molecular formula is C21H22FNO5. The Morgan fingerprint density at radius 2 is 1.86 bits per heavy atom. The van der Waals surface area contributed by atoms with Crippen molar-refractivity contribution in [2.45, 2.75) is 13.3 Å². The monoisotopic (exact) mass is 387 g/mol. The number of amides is 1. The molecule has 0 saturated carbocycles. The van der Waals surface area contributed by atoms with Crippen LogP contribution in [0.1, 0.15) is 13.3 Å². The van der Waals surface area contributed by atoms with Gasteiger partial charge in [-0.2, -0.15) is 0 Å². The van der Waals surface area contributed by atoms with E-state index in [4.69, 9.17) is 14.2 Å². The molecule has 1 unspecified atom stereocenters. The van der Waals surface area contributed by atoms with Gasteiger partial charge in [0.25, 0.3) is 0 Å². The maximum Gasteiger partial charge on any atom is 0.311 e. The van der Waals surface area contributed by atoms with Crippen molar-refractivity contribution in [3.8, 4) is 11.5 Å². The Bertz CT molecular complexity index is 824. The first-order chi connectivity index (χ1) is 13.6. The van der Waals surface area contributed by atoms with E-state index in [2.05, 4.69) is 0 Å². The fourth-order valence-corrected chi connectivity index (χ4v) is 2.98. The van der Waals surface area contributed by atoms with Crippen LogP contribution in [0.3, 0.4) is 0 Å². The van der Waals surface area contributed by atoms with Gasteiger partial charge >= 0.3 is 5.97 Å². The van der Waals surface area contributed by atoms with Crippen molar-refractivity contribution in [2.75, 3.05) is 31.3 Å². The van der Waals surface area contributed by atoms with Crippen LogP contribution in [0.4, 0.5) is 10.1 Å². The lowest BCUT2D eigenvalue weighted by molar-refractivity contribution is -0.149. The number of carbonyl (C=O) groups excluding carboxylic acids is 2. The van der Waals surface area contributed by atoms with Crippen molar-refractivity contribution >= 4 is 17.6 Å². The van der Waals surface area contributed by atoms with Gasteiger partial charge in [-0.3, -0.25) is 9.59 Å². The highest BCUT2D eigenvalue weighted by atomic mass is 19.1. The predicted molar refractivity (Wildman–Crippen MR) is 101 cm³/mol. The molecule has 1 heterocycles. The lowest BCUT2D eigenvalue weighted by atomic mass is 10.1. The number of para-hydroxylation sites is 1. The van der Waals surface area contributed by atoms with Crippen LogP contribution in [-0.2, 0) is 14.3 Å². The minimum absolute atomic E-state index is 0.0130. The highest BCUT2D eigenvalue weighted by Crippen LogP contribution is 2.27. The number of ether oxygens (including phenoxy) is 3. The molecule has 1 saturated heterocycles. The van der Waals surface area contributed by atoms with E-state index >= 15 is 0 Å². The zero-order valence-electron chi connectivity index (χ0n) is 15.6. The highest BCUT2D eigenvalue weighted by molar-refractivity contribution is 5.99. The summed E-state index contributed by atoms with van der Waals surface area (Å²) < 4.78 is 29.3. The number of hydrogen-bond donors (Lipinski definition) is 0. The predicted octanol–water partition coefficient (Wildman–Crippen LogP) is 3.20. The molecule has 1 atom stereocenters. The van der Waals surface area contributed by atoms with Crippen molar-refractivity contribution < 1.29 is 28.2 Å². The number of nitrogens with zero attached hydrogens (tertiary/aromatic N) is 1. The van der Waals surface area contributed by atoms with E-state index in [1.807, 2.05) is 6.92 Å². The molecule has 2 aromatic rings. The Hall–Kier alpha value is -3.09. The van der Waals surface area contributed by atoms with Crippen LogP contribution in [0.5, 0.6) is 11.5 Å². The fraction of sp³-hybridized carbons (Fsp3) is 0.333. The number of benzene rings is 2. The molecule has 1 fully saturated rings. The molecule has 28 heavy (non-hydrogen) atoms. The normalized spacial score (nSPS) is 16.1. The molecule has 0 bridgehead atoms. The van der Waals surface area contributed by atoms with Crippen LogP contribution < -0.4 is 14.4 Å². The van der Waals surface area contributed by atoms with Gasteiger partial charge in [0, 0.05) is 18.7 Å². The third kappa shape index (κ3) is 4.79. The first-order valence-corrected chi connectivity index (χ1v) is 9.15. The molecule has 0 N–H and O–H groups in total. The van der Waals surface area contributed by atoms with Gasteiger partial charge in [0.2, 0.25) is 5.91 Å². The molecule has 0 radical (unpaired) electrons. The molecule has 3 rings (SSSR count). The molecule has 1 amide bonds. The average molecular weight is 387 g/mol. The largest absolute Gasteiger partial charge is 0.494 e. The quantitative estimate of drug-likeness (QED) is 0.514. The van der Waals surface area contributed by atoms with Crippen LogP contribution in [0.25, 0.3) is 0 Å². The Morgan fingerprint density at radius 3 is 2.57 bits per heavy atom. The molecule has 0 aromatic heterocycles. The van der Waals surface area contributed by atoms with Crippen LogP contribution >= 0.6 is 0 Å². The third-order valence-corrected chi connectivity index (χ3v) is 4.34. The maximum atomic E-state index is 13.5. The zero-order chi connectivity index (χ0) is 19.9. The van der Waals surface area contributed by atoms with Gasteiger partial charge < -0.3 is 19.1 Å². The third-order valence-electron chi connectivity index (χ3n) is 4.34. The number of rotatable bonds is 8. The second-order valence-electron chi connectivity index (χ2n) is 6.28. The lowest BCUT2D eigenvalue weighted by Crippen LogP contribution is -2.26. The average Bonchev–Trinajstić information content (AvgIpc) is 3.09. The number of esters is 1. The number of hydrogen-bond acceptors (Lipinski definition) is 5. The summed E-state index contributed by atoms with van der Waals surface area (Å²) in [6.07, 6.45) is 0.0974. The first kappa shape index (κ1) is 19.7. The van der Waals surface area contributed by atoms with Gasteiger partial charge in [-0.05, 0) is 43.3 Å². The van der Waals surface area contributed by atoms with Crippen LogP contribution in [0, 0.1) is 11.7 Å². The van der Waals surface area contributed by atoms with E-state index in [0.717, 1.165) is 5.75 Å². The Kier molecular flexibility index (Phi) is 6.47. The first-order valence-electron chi connectivity index (χ1n) is 9.15. The van der Waals surface area contributed by atoms with E-state index < -0.39 is 17.7 Å². The molecule has 7 heteroatoms. The topological polar surface area (TPSA) is 65.1 Å². The molecule has 6 nitrogen and oxygen atoms in total. The van der Waals surface area contributed by atoms with E-state index in [-0.39, 0.29) is 37.8 Å². The second kappa shape index (κ2) is 9.21. The van der Waals surface area contributed by atoms with Gasteiger partial charge in [-0.25, -0.2) is 4.39 Å². The van der Waals surface area contributed by atoms with E-state index in [1.54, 1.807) is 41.3 Å². The molecule has 1 aliphatic rings. The molecule has 148 valence electrons. The molecule has 0 aliphatic carbocycles. The summed E-state index contributed by atoms with van der Waals surface area (Å²) in [5.41, 5.74) is 0.714. The number of anilines is 1. The molecule has 1 aliphatic heterocycles. The van der Waals surface area contributed by atoms with Crippen LogP contribution in [-0.4, -0.2) is 38.2 Å². The summed E-state index contributed by atoms with van der Waals surface area (Å²) in [6.45, 7) is 2.75. The highest BCUT2D eigenvalue weighted by Gasteiger charge is 2.36. The molecule has 2 aromatic carbocycles. The molecular weight excluding hydrogens is 365 g/mol. The summed E-state index contributed by atoms with van der Waals surface area (Å²) >= 11 is 0. The zero-order valence-corrected chi connectivity index (χ0v) is 15.6. The second-order valence-corrected chi connectivity index (χ2v) is 6.28. The minimum Gasteiger partial charge on any atom is -0.494 e. The minimum atomic E-state index is -0.535. The van der Waals surface area contributed by atoms with Crippen molar-refractivity contribution in [3.63, 3.8) is 0 Å². The SMILES string of the molecule is CCOc1ccc(N2CC(C(=O)OCCOc3ccccc3F)CC2=O)cc1. The Balaban J connectivity index is 1.47. The summed E-state index contributed by atoms with van der Waals surface area (Å²) in [6, 6.07) is 13.2. The van der Waals surface area contributed by atoms with Crippen molar-refractivity contribution in [2.24, 2.45) is 5.92 Å². The van der Waals surface area contributed by atoms with Gasteiger partial charge in [0.15, 0.2) is 11.6 Å². The fourth-order valence-electron chi connectivity index (χ4n) is 2.98. The molecule has 0 spiro atoms. The van der Waals surface area contributed by atoms with Crippen LogP contribution in [0.2, 0.25) is 0 Å². The lowest BCUT2D eigenvalue weighted by Gasteiger charge is -2.17. The van der Waals surface area contributed by atoms with Gasteiger partial charge in [-0.1, -0.05) is 12.1 Å². The summed E-state index contributed by atoms with van der Waals surface area (Å²) in [7, 11) is 0. The summed E-state index contributed by atoms with van der Waals surface area (Å²) in [5.74, 6) is -0.763. The van der Waals surface area contributed by atoms with Crippen molar-refractivity contribution in [1.82, 2.24) is 0 Å². The van der Waals surface area contributed by atoms with Gasteiger partial charge in [0.05, 0.1) is 12.5 Å². The van der Waals surface area contributed by atoms with Crippen molar-refractivity contribution in [1.29, 1.82) is 0 Å². The smallest absolute Gasteiger partial charge is 0.311 e. The number of carbonyl (C=O) groups is 2. The van der Waals surface area contributed by atoms with E-state index in [0.29, 0.717) is 12.3 Å². The van der Waals surface area contributed by atoms with Crippen LogP contribution in [0.15, 0.2) is 48.5 Å². The van der Waals surface area contributed by atoms with E-state index in [9.17, 15) is 14.0 Å². The Labute approximate surface area is 162 Å². The van der Waals surface area contributed by atoms with Crippen molar-refractivity contribution in [3.05, 3.63) is 54.3 Å². The Morgan fingerprint density at radius 1 is 1.11 bits per heavy atom.